The Balaban J connectivity index is 1.67. The molecule has 2 saturated heterocycles. The van der Waals surface area contributed by atoms with Crippen molar-refractivity contribution in [2.45, 2.75) is 57.2 Å². The van der Waals surface area contributed by atoms with Crippen molar-refractivity contribution in [3.8, 4) is 0 Å². The first kappa shape index (κ1) is 14.2. The maximum atomic E-state index is 12.7. The monoisotopic (exact) mass is 262 g/mol. The molecule has 5 heteroatoms. The number of rotatable bonds is 5. The van der Waals surface area contributed by atoms with Gasteiger partial charge in [0.2, 0.25) is 0 Å². The lowest BCUT2D eigenvalue weighted by atomic mass is 9.86. The van der Waals surface area contributed by atoms with Crippen LogP contribution in [0.2, 0.25) is 0 Å². The van der Waals surface area contributed by atoms with E-state index in [2.05, 4.69) is 18.7 Å². The maximum Gasteiger partial charge on any atom is 0.272 e. The second kappa shape index (κ2) is 4.69. The fourth-order valence-electron chi connectivity index (χ4n) is 2.75. The average Bonchev–Trinajstić information content (AvgIpc) is 2.18. The van der Waals surface area contributed by atoms with Gasteiger partial charge in [-0.3, -0.25) is 9.80 Å². The first-order chi connectivity index (χ1) is 8.21. The topological polar surface area (TPSA) is 26.7 Å². The molecule has 2 rings (SSSR count). The van der Waals surface area contributed by atoms with Crippen LogP contribution in [0.25, 0.3) is 0 Å². The number of β-amino-alcohol motifs (C(OH)–C–C–N with tert-alkyl or cyclic N) is 1. The molecular weight excluding hydrogens is 238 g/mol. The molecule has 0 saturated carbocycles. The highest BCUT2D eigenvalue weighted by molar-refractivity contribution is 4.98. The number of halogens is 2. The third kappa shape index (κ3) is 3.00. The summed E-state index contributed by atoms with van der Waals surface area (Å²) in [5, 5.41) is 10.2. The minimum Gasteiger partial charge on any atom is -0.387 e. The molecular formula is C13H24F2N2O. The lowest BCUT2D eigenvalue weighted by Crippen LogP contribution is -2.64. The molecule has 1 N–H and O–H groups in total. The van der Waals surface area contributed by atoms with Crippen molar-refractivity contribution >= 4 is 0 Å². The van der Waals surface area contributed by atoms with Gasteiger partial charge in [0.15, 0.2) is 0 Å². The summed E-state index contributed by atoms with van der Waals surface area (Å²) in [6, 6.07) is 0.610. The van der Waals surface area contributed by atoms with Gasteiger partial charge in [0, 0.05) is 25.2 Å². The highest BCUT2D eigenvalue weighted by Crippen LogP contribution is 2.32. The molecule has 2 fully saturated rings. The first-order valence-electron chi connectivity index (χ1n) is 6.79. The van der Waals surface area contributed by atoms with E-state index in [1.807, 2.05) is 6.92 Å². The van der Waals surface area contributed by atoms with Crippen LogP contribution in [-0.2, 0) is 0 Å². The molecule has 0 amide bonds. The largest absolute Gasteiger partial charge is 0.387 e. The summed E-state index contributed by atoms with van der Waals surface area (Å²) < 4.78 is 25.5. The Hall–Kier alpha value is -0.260. The molecule has 0 aromatic rings. The number of alkyl halides is 2. The van der Waals surface area contributed by atoms with Crippen molar-refractivity contribution in [1.82, 2.24) is 9.80 Å². The number of likely N-dealkylation sites (tertiary alicyclic amines) is 2. The zero-order valence-corrected chi connectivity index (χ0v) is 11.5. The van der Waals surface area contributed by atoms with Crippen LogP contribution < -0.4 is 0 Å². The number of nitrogens with zero attached hydrogens (tertiary/aromatic N) is 2. The van der Waals surface area contributed by atoms with Crippen LogP contribution in [0.15, 0.2) is 0 Å². The Labute approximate surface area is 108 Å². The predicted molar refractivity (Wildman–Crippen MR) is 66.9 cm³/mol. The zero-order chi connectivity index (χ0) is 13.6. The van der Waals surface area contributed by atoms with Crippen LogP contribution in [0.3, 0.4) is 0 Å². The van der Waals surface area contributed by atoms with E-state index in [0.29, 0.717) is 25.6 Å². The van der Waals surface area contributed by atoms with E-state index in [0.717, 1.165) is 6.42 Å². The zero-order valence-electron chi connectivity index (χ0n) is 11.5. The number of hydrogen-bond donors (Lipinski definition) is 1. The van der Waals surface area contributed by atoms with Gasteiger partial charge < -0.3 is 5.11 Å². The third-order valence-corrected chi connectivity index (χ3v) is 4.24. The smallest absolute Gasteiger partial charge is 0.272 e. The standard InChI is InChI=1S/C13H24F2N2O/c1-10(2)16-6-12(18,7-16)5-4-11(3)17-8-13(14,15)9-17/h10-11,18H,4-9H2,1-3H3. The first-order valence-corrected chi connectivity index (χ1v) is 6.79. The fraction of sp³-hybridized carbons (Fsp3) is 1.00. The Morgan fingerprint density at radius 1 is 1.06 bits per heavy atom. The molecule has 18 heavy (non-hydrogen) atoms. The lowest BCUT2D eigenvalue weighted by Gasteiger charge is -2.50. The second-order valence-corrected chi connectivity index (χ2v) is 6.37. The van der Waals surface area contributed by atoms with Gasteiger partial charge in [0.25, 0.3) is 5.92 Å². The van der Waals surface area contributed by atoms with Crippen molar-refractivity contribution in [2.75, 3.05) is 26.2 Å². The van der Waals surface area contributed by atoms with Gasteiger partial charge in [-0.1, -0.05) is 0 Å². The van der Waals surface area contributed by atoms with Crippen LogP contribution in [0, 0.1) is 0 Å². The Morgan fingerprint density at radius 2 is 1.61 bits per heavy atom. The van der Waals surface area contributed by atoms with E-state index in [1.165, 1.54) is 0 Å². The van der Waals surface area contributed by atoms with E-state index in [1.54, 1.807) is 4.90 Å². The summed E-state index contributed by atoms with van der Waals surface area (Å²) in [5.74, 6) is -2.49. The van der Waals surface area contributed by atoms with Crippen LogP contribution in [0.4, 0.5) is 8.78 Å². The number of hydrogen-bond acceptors (Lipinski definition) is 3. The summed E-state index contributed by atoms with van der Waals surface area (Å²) >= 11 is 0. The summed E-state index contributed by atoms with van der Waals surface area (Å²) in [5.41, 5.74) is -0.591. The molecule has 0 bridgehead atoms. The lowest BCUT2D eigenvalue weighted by molar-refractivity contribution is -0.151. The number of aliphatic hydroxyl groups is 1. The van der Waals surface area contributed by atoms with Crippen LogP contribution in [0.1, 0.15) is 33.6 Å². The normalized spacial score (nSPS) is 28.8. The van der Waals surface area contributed by atoms with Crippen molar-refractivity contribution in [1.29, 1.82) is 0 Å². The molecule has 106 valence electrons. The van der Waals surface area contributed by atoms with Crippen molar-refractivity contribution in [3.63, 3.8) is 0 Å². The molecule has 2 aliphatic rings. The maximum absolute atomic E-state index is 12.7. The fourth-order valence-corrected chi connectivity index (χ4v) is 2.75. The third-order valence-electron chi connectivity index (χ3n) is 4.24. The van der Waals surface area contributed by atoms with E-state index in [4.69, 9.17) is 0 Å². The highest BCUT2D eigenvalue weighted by atomic mass is 19.3. The van der Waals surface area contributed by atoms with Crippen LogP contribution in [0.5, 0.6) is 0 Å². The van der Waals surface area contributed by atoms with Crippen molar-refractivity contribution < 1.29 is 13.9 Å². The summed E-state index contributed by atoms with van der Waals surface area (Å²) in [6.45, 7) is 7.39. The molecule has 0 aliphatic carbocycles. The van der Waals surface area contributed by atoms with Crippen molar-refractivity contribution in [3.05, 3.63) is 0 Å². The molecule has 1 atom stereocenters. The minimum atomic E-state index is -2.49. The molecule has 1 unspecified atom stereocenters. The van der Waals surface area contributed by atoms with Gasteiger partial charge >= 0.3 is 0 Å². The quantitative estimate of drug-likeness (QED) is 0.814. The van der Waals surface area contributed by atoms with Gasteiger partial charge in [-0.25, -0.2) is 8.78 Å². The minimum absolute atomic E-state index is 0.120. The molecule has 0 aromatic carbocycles. The molecule has 0 aromatic heterocycles. The van der Waals surface area contributed by atoms with E-state index >= 15 is 0 Å². The van der Waals surface area contributed by atoms with E-state index in [-0.39, 0.29) is 19.1 Å². The average molecular weight is 262 g/mol. The van der Waals surface area contributed by atoms with Crippen LogP contribution >= 0.6 is 0 Å². The second-order valence-electron chi connectivity index (χ2n) is 6.37. The van der Waals surface area contributed by atoms with Crippen molar-refractivity contribution in [2.24, 2.45) is 0 Å². The molecule has 3 nitrogen and oxygen atoms in total. The van der Waals surface area contributed by atoms with Gasteiger partial charge in [0.05, 0.1) is 18.7 Å². The Bertz CT molecular complexity index is 295. The Kier molecular flexibility index (Phi) is 3.69. The van der Waals surface area contributed by atoms with Gasteiger partial charge in [-0.2, -0.15) is 0 Å². The summed E-state index contributed by atoms with van der Waals surface area (Å²) in [4.78, 5) is 4.02. The molecule has 2 aliphatic heterocycles. The highest BCUT2D eigenvalue weighted by Gasteiger charge is 2.47. The van der Waals surface area contributed by atoms with Gasteiger partial charge in [0.1, 0.15) is 0 Å². The van der Waals surface area contributed by atoms with Gasteiger partial charge in [-0.05, 0) is 33.6 Å². The van der Waals surface area contributed by atoms with Gasteiger partial charge in [-0.15, -0.1) is 0 Å². The molecule has 0 radical (unpaired) electrons. The summed E-state index contributed by atoms with van der Waals surface area (Å²) in [7, 11) is 0. The predicted octanol–water partition coefficient (Wildman–Crippen LogP) is 1.56. The molecule has 0 spiro atoms. The SMILES string of the molecule is CC(C)N1CC(O)(CCC(C)N2CC(F)(F)C2)C1. The van der Waals surface area contributed by atoms with Crippen LogP contribution in [-0.4, -0.2) is 64.7 Å². The molecule has 2 heterocycles. The summed E-state index contributed by atoms with van der Waals surface area (Å²) in [6.07, 6.45) is 1.50. The van der Waals surface area contributed by atoms with E-state index < -0.39 is 11.5 Å². The van der Waals surface area contributed by atoms with E-state index in [9.17, 15) is 13.9 Å². The Morgan fingerprint density at radius 3 is 2.06 bits per heavy atom.